The third kappa shape index (κ3) is 4.22. The van der Waals surface area contributed by atoms with Crippen molar-refractivity contribution in [3.63, 3.8) is 0 Å². The standard InChI is InChI=1S/C21H20N4O4S/c1-23-20(26)19(14-15-4-2-3-5-18(15)25(27)28)30-21(23)22-16-6-8-17(9-7-16)24-10-12-29-13-11-24/h2-9,14H,10-13H2,1H3/b19-14-,22-21?. The molecule has 4 rings (SSSR count). The molecule has 0 aliphatic carbocycles. The fourth-order valence-electron chi connectivity index (χ4n) is 3.24. The number of para-hydroxylation sites is 1. The van der Waals surface area contributed by atoms with Gasteiger partial charge in [0.1, 0.15) is 0 Å². The van der Waals surface area contributed by atoms with Crippen molar-refractivity contribution < 1.29 is 14.5 Å². The molecule has 1 amide bonds. The van der Waals surface area contributed by atoms with Gasteiger partial charge in [-0.2, -0.15) is 0 Å². The van der Waals surface area contributed by atoms with Gasteiger partial charge >= 0.3 is 0 Å². The number of hydrogen-bond acceptors (Lipinski definition) is 7. The summed E-state index contributed by atoms with van der Waals surface area (Å²) in [6.45, 7) is 3.17. The van der Waals surface area contributed by atoms with Gasteiger partial charge in [0.2, 0.25) is 0 Å². The number of nitro benzene ring substituents is 1. The number of likely N-dealkylation sites (N-methyl/N-ethyl adjacent to an activating group) is 1. The topological polar surface area (TPSA) is 88.3 Å². The van der Waals surface area contributed by atoms with Crippen LogP contribution < -0.4 is 4.90 Å². The Labute approximate surface area is 178 Å². The van der Waals surface area contributed by atoms with Gasteiger partial charge in [0.05, 0.1) is 34.3 Å². The highest BCUT2D eigenvalue weighted by Gasteiger charge is 2.31. The number of amides is 1. The SMILES string of the molecule is CN1C(=O)/C(=C/c2ccccc2[N+](=O)[O-])SC1=Nc1ccc(N2CCOCC2)cc1. The maximum atomic E-state index is 12.6. The first-order chi connectivity index (χ1) is 14.5. The molecule has 154 valence electrons. The van der Waals surface area contributed by atoms with E-state index in [1.807, 2.05) is 24.3 Å². The minimum Gasteiger partial charge on any atom is -0.378 e. The van der Waals surface area contributed by atoms with Gasteiger partial charge in [0.15, 0.2) is 5.17 Å². The van der Waals surface area contributed by atoms with Gasteiger partial charge < -0.3 is 9.64 Å². The first-order valence-corrected chi connectivity index (χ1v) is 10.3. The van der Waals surface area contributed by atoms with Gasteiger partial charge in [-0.3, -0.25) is 19.8 Å². The third-order valence-corrected chi connectivity index (χ3v) is 5.93. The zero-order valence-corrected chi connectivity index (χ0v) is 17.2. The van der Waals surface area contributed by atoms with Crippen molar-refractivity contribution in [3.05, 3.63) is 69.1 Å². The molecule has 9 heteroatoms. The minimum absolute atomic E-state index is 0.0369. The van der Waals surface area contributed by atoms with Crippen molar-refractivity contribution in [1.82, 2.24) is 4.90 Å². The number of morpholine rings is 1. The zero-order valence-electron chi connectivity index (χ0n) is 16.4. The van der Waals surface area contributed by atoms with E-state index in [1.54, 1.807) is 31.3 Å². The quantitative estimate of drug-likeness (QED) is 0.423. The first kappa shape index (κ1) is 20.1. The van der Waals surface area contributed by atoms with E-state index in [-0.39, 0.29) is 11.6 Å². The minimum atomic E-state index is -0.453. The Morgan fingerprint density at radius 1 is 1.13 bits per heavy atom. The van der Waals surface area contributed by atoms with E-state index >= 15 is 0 Å². The maximum Gasteiger partial charge on any atom is 0.276 e. The number of carbonyl (C=O) groups excluding carboxylic acids is 1. The van der Waals surface area contributed by atoms with Gasteiger partial charge in [-0.15, -0.1) is 0 Å². The second kappa shape index (κ2) is 8.68. The Balaban J connectivity index is 1.55. The van der Waals surface area contributed by atoms with E-state index in [9.17, 15) is 14.9 Å². The van der Waals surface area contributed by atoms with E-state index in [2.05, 4.69) is 9.89 Å². The molecule has 0 N–H and O–H groups in total. The Morgan fingerprint density at radius 3 is 2.53 bits per heavy atom. The molecule has 8 nitrogen and oxygen atoms in total. The molecule has 0 saturated carbocycles. The van der Waals surface area contributed by atoms with Crippen LogP contribution in [0.5, 0.6) is 0 Å². The number of nitro groups is 1. The highest BCUT2D eigenvalue weighted by Crippen LogP contribution is 2.34. The lowest BCUT2D eigenvalue weighted by Crippen LogP contribution is -2.36. The Bertz CT molecular complexity index is 1030. The molecule has 0 atom stereocenters. The van der Waals surface area contributed by atoms with E-state index in [1.165, 1.54) is 22.7 Å². The number of rotatable bonds is 4. The van der Waals surface area contributed by atoms with Crippen LogP contribution in [0, 0.1) is 10.1 Å². The summed E-state index contributed by atoms with van der Waals surface area (Å²) in [6.07, 6.45) is 1.55. The van der Waals surface area contributed by atoms with Crippen LogP contribution >= 0.6 is 11.8 Å². The number of carbonyl (C=O) groups is 1. The number of benzene rings is 2. The van der Waals surface area contributed by atoms with E-state index in [4.69, 9.17) is 4.74 Å². The summed E-state index contributed by atoms with van der Waals surface area (Å²) in [5, 5.41) is 11.8. The lowest BCUT2D eigenvalue weighted by molar-refractivity contribution is -0.385. The van der Waals surface area contributed by atoms with Crippen LogP contribution in [-0.4, -0.2) is 54.2 Å². The van der Waals surface area contributed by atoms with Gasteiger partial charge in [0, 0.05) is 31.9 Å². The number of thioether (sulfide) groups is 1. The molecule has 0 bridgehead atoms. The summed E-state index contributed by atoms with van der Waals surface area (Å²) in [6, 6.07) is 14.2. The van der Waals surface area contributed by atoms with Crippen LogP contribution in [0.2, 0.25) is 0 Å². The van der Waals surface area contributed by atoms with Crippen LogP contribution in [-0.2, 0) is 9.53 Å². The van der Waals surface area contributed by atoms with Crippen molar-refractivity contribution >= 4 is 46.0 Å². The van der Waals surface area contributed by atoms with Crippen LogP contribution in [0.25, 0.3) is 6.08 Å². The molecule has 30 heavy (non-hydrogen) atoms. The fourth-order valence-corrected chi connectivity index (χ4v) is 4.22. The first-order valence-electron chi connectivity index (χ1n) is 9.45. The number of nitrogens with zero attached hydrogens (tertiary/aromatic N) is 4. The van der Waals surface area contributed by atoms with E-state index in [0.29, 0.717) is 15.6 Å². The summed E-state index contributed by atoms with van der Waals surface area (Å²) >= 11 is 1.21. The molecule has 0 aromatic heterocycles. The molecule has 2 aliphatic heterocycles. The molecule has 0 spiro atoms. The molecule has 2 heterocycles. The molecule has 2 saturated heterocycles. The van der Waals surface area contributed by atoms with Crippen molar-refractivity contribution in [2.75, 3.05) is 38.3 Å². The van der Waals surface area contributed by atoms with Crippen LogP contribution in [0.15, 0.2) is 58.4 Å². The van der Waals surface area contributed by atoms with Crippen molar-refractivity contribution in [3.8, 4) is 0 Å². The van der Waals surface area contributed by atoms with Crippen molar-refractivity contribution in [2.24, 2.45) is 4.99 Å². The monoisotopic (exact) mass is 424 g/mol. The lowest BCUT2D eigenvalue weighted by atomic mass is 10.1. The number of amidine groups is 1. The average molecular weight is 424 g/mol. The van der Waals surface area contributed by atoms with Crippen LogP contribution in [0.1, 0.15) is 5.56 Å². The summed E-state index contributed by atoms with van der Waals surface area (Å²) in [4.78, 5) is 32.1. The Morgan fingerprint density at radius 2 is 1.83 bits per heavy atom. The molecule has 0 radical (unpaired) electrons. The summed E-state index contributed by atoms with van der Waals surface area (Å²) in [5.74, 6) is -0.234. The molecule has 2 fully saturated rings. The molecule has 2 aromatic rings. The van der Waals surface area contributed by atoms with Crippen molar-refractivity contribution in [1.29, 1.82) is 0 Å². The average Bonchev–Trinajstić information content (AvgIpc) is 3.03. The van der Waals surface area contributed by atoms with Crippen molar-refractivity contribution in [2.45, 2.75) is 0 Å². The smallest absolute Gasteiger partial charge is 0.276 e. The van der Waals surface area contributed by atoms with Gasteiger partial charge in [0.25, 0.3) is 11.6 Å². The van der Waals surface area contributed by atoms with Gasteiger partial charge in [-0.1, -0.05) is 12.1 Å². The fraction of sp³-hybridized carbons (Fsp3) is 0.238. The predicted octanol–water partition coefficient (Wildman–Crippen LogP) is 3.67. The highest BCUT2D eigenvalue weighted by molar-refractivity contribution is 8.18. The molecule has 0 unspecified atom stereocenters. The maximum absolute atomic E-state index is 12.6. The van der Waals surface area contributed by atoms with E-state index in [0.717, 1.165) is 37.7 Å². The molecular weight excluding hydrogens is 404 g/mol. The van der Waals surface area contributed by atoms with Crippen LogP contribution in [0.3, 0.4) is 0 Å². The second-order valence-corrected chi connectivity index (χ2v) is 7.81. The van der Waals surface area contributed by atoms with Crippen LogP contribution in [0.4, 0.5) is 17.1 Å². The third-order valence-electron chi connectivity index (χ3n) is 4.87. The Hall–Kier alpha value is -3.17. The zero-order chi connectivity index (χ0) is 21.1. The summed E-state index contributed by atoms with van der Waals surface area (Å²) in [5.41, 5.74) is 2.21. The predicted molar refractivity (Wildman–Crippen MR) is 118 cm³/mol. The number of hydrogen-bond donors (Lipinski definition) is 0. The Kier molecular flexibility index (Phi) is 5.82. The normalized spacial score (nSPS) is 19.7. The highest BCUT2D eigenvalue weighted by atomic mass is 32.2. The van der Waals surface area contributed by atoms with Gasteiger partial charge in [-0.05, 0) is 48.2 Å². The molecule has 2 aromatic carbocycles. The number of ether oxygens (including phenoxy) is 1. The second-order valence-electron chi connectivity index (χ2n) is 6.80. The molecule has 2 aliphatic rings. The van der Waals surface area contributed by atoms with Gasteiger partial charge in [-0.25, -0.2) is 4.99 Å². The summed E-state index contributed by atoms with van der Waals surface area (Å²) in [7, 11) is 1.65. The lowest BCUT2D eigenvalue weighted by Gasteiger charge is -2.28. The largest absolute Gasteiger partial charge is 0.378 e. The number of aliphatic imine (C=N–C) groups is 1. The number of anilines is 1. The summed E-state index contributed by atoms with van der Waals surface area (Å²) < 4.78 is 5.38. The molecular formula is C21H20N4O4S. The van der Waals surface area contributed by atoms with E-state index < -0.39 is 4.92 Å².